The Morgan fingerprint density at radius 3 is 2.64 bits per heavy atom. The van der Waals surface area contributed by atoms with Crippen LogP contribution in [0.1, 0.15) is 26.3 Å². The van der Waals surface area contributed by atoms with E-state index in [4.69, 9.17) is 9.47 Å². The third kappa shape index (κ3) is 3.85. The van der Waals surface area contributed by atoms with Gasteiger partial charge in [0.1, 0.15) is 6.61 Å². The Kier molecular flexibility index (Phi) is 5.55. The maximum Gasteiger partial charge on any atom is 0.416 e. The highest BCUT2D eigenvalue weighted by Gasteiger charge is 2.41. The molecule has 0 radical (unpaired) electrons. The molecular formula is C17H23NO4. The molecule has 22 heavy (non-hydrogen) atoms. The molecule has 1 aliphatic rings. The summed E-state index contributed by atoms with van der Waals surface area (Å²) in [7, 11) is 0. The van der Waals surface area contributed by atoms with Gasteiger partial charge in [-0.3, -0.25) is 4.79 Å². The van der Waals surface area contributed by atoms with Crippen LogP contribution in [0.2, 0.25) is 0 Å². The summed E-state index contributed by atoms with van der Waals surface area (Å²) in [6.07, 6.45) is -0.543. The van der Waals surface area contributed by atoms with Crippen LogP contribution in [0.5, 0.6) is 0 Å². The predicted octanol–water partition coefficient (Wildman–Crippen LogP) is 2.84. The van der Waals surface area contributed by atoms with E-state index < -0.39 is 6.09 Å². The van der Waals surface area contributed by atoms with Gasteiger partial charge in [0.25, 0.3) is 0 Å². The zero-order valence-electron chi connectivity index (χ0n) is 13.3. The van der Waals surface area contributed by atoms with Crippen LogP contribution in [-0.2, 0) is 20.9 Å². The van der Waals surface area contributed by atoms with Gasteiger partial charge in [-0.1, -0.05) is 51.1 Å². The minimum atomic E-state index is -0.543. The van der Waals surface area contributed by atoms with Crippen molar-refractivity contribution >= 4 is 12.0 Å². The number of cyclic esters (lactones) is 1. The minimum absolute atomic E-state index is 0.174. The van der Waals surface area contributed by atoms with Gasteiger partial charge >= 0.3 is 6.09 Å². The van der Waals surface area contributed by atoms with E-state index in [0.29, 0.717) is 6.61 Å². The summed E-state index contributed by atoms with van der Waals surface area (Å²) in [5, 5.41) is 0. The number of carbonyl (C=O) groups is 2. The predicted molar refractivity (Wildman–Crippen MR) is 82.1 cm³/mol. The molecule has 1 saturated heterocycles. The Morgan fingerprint density at radius 1 is 1.32 bits per heavy atom. The molecule has 5 heteroatoms. The van der Waals surface area contributed by atoms with Crippen molar-refractivity contribution in [3.8, 4) is 0 Å². The van der Waals surface area contributed by atoms with E-state index in [2.05, 4.69) is 0 Å². The molecule has 1 fully saturated rings. The fraction of sp³-hybridized carbons (Fsp3) is 0.529. The molecule has 1 aromatic carbocycles. The van der Waals surface area contributed by atoms with E-state index in [1.807, 2.05) is 44.2 Å². The molecule has 0 unspecified atom stereocenters. The largest absolute Gasteiger partial charge is 0.447 e. The number of hydrogen-bond acceptors (Lipinski definition) is 4. The Bertz CT molecular complexity index is 515. The van der Waals surface area contributed by atoms with Crippen molar-refractivity contribution in [3.05, 3.63) is 35.9 Å². The molecule has 0 spiro atoms. The SMILES string of the molecule is CC(C)[C@H]1COC(=O)N1C(=O)[C@H](C)COCc1ccccc1. The maximum atomic E-state index is 12.5. The fourth-order valence-electron chi connectivity index (χ4n) is 2.42. The summed E-state index contributed by atoms with van der Waals surface area (Å²) in [5.41, 5.74) is 1.06. The summed E-state index contributed by atoms with van der Waals surface area (Å²) >= 11 is 0. The molecule has 2 amide bonds. The first kappa shape index (κ1) is 16.5. The normalized spacial score (nSPS) is 19.4. The van der Waals surface area contributed by atoms with Gasteiger partial charge in [0.15, 0.2) is 0 Å². The first-order valence-electron chi connectivity index (χ1n) is 7.62. The molecule has 1 aliphatic heterocycles. The summed E-state index contributed by atoms with van der Waals surface area (Å²) < 4.78 is 10.6. The number of nitrogens with zero attached hydrogens (tertiary/aromatic N) is 1. The minimum Gasteiger partial charge on any atom is -0.447 e. The molecule has 1 aromatic rings. The number of amides is 2. The lowest BCUT2D eigenvalue weighted by Gasteiger charge is -2.25. The van der Waals surface area contributed by atoms with Crippen molar-refractivity contribution in [1.82, 2.24) is 4.90 Å². The van der Waals surface area contributed by atoms with Gasteiger partial charge < -0.3 is 9.47 Å². The highest BCUT2D eigenvalue weighted by Crippen LogP contribution is 2.22. The second-order valence-electron chi connectivity index (χ2n) is 6.00. The molecular weight excluding hydrogens is 282 g/mol. The maximum absolute atomic E-state index is 12.5. The molecule has 0 bridgehead atoms. The van der Waals surface area contributed by atoms with Crippen molar-refractivity contribution in [2.24, 2.45) is 11.8 Å². The number of ether oxygens (including phenoxy) is 2. The molecule has 2 atom stereocenters. The van der Waals surface area contributed by atoms with Crippen LogP contribution in [0.15, 0.2) is 30.3 Å². The van der Waals surface area contributed by atoms with Gasteiger partial charge in [0.05, 0.1) is 25.2 Å². The average Bonchev–Trinajstić information content (AvgIpc) is 2.89. The molecule has 0 aromatic heterocycles. The van der Waals surface area contributed by atoms with Gasteiger partial charge in [-0.25, -0.2) is 9.69 Å². The number of imide groups is 1. The highest BCUT2D eigenvalue weighted by atomic mass is 16.6. The van der Waals surface area contributed by atoms with Crippen molar-refractivity contribution in [2.45, 2.75) is 33.4 Å². The van der Waals surface area contributed by atoms with Crippen molar-refractivity contribution in [1.29, 1.82) is 0 Å². The summed E-state index contributed by atoms with van der Waals surface area (Å²) in [6, 6.07) is 9.59. The monoisotopic (exact) mass is 305 g/mol. The molecule has 1 heterocycles. The number of carbonyl (C=O) groups excluding carboxylic acids is 2. The molecule has 2 rings (SSSR count). The van der Waals surface area contributed by atoms with Crippen LogP contribution >= 0.6 is 0 Å². The zero-order chi connectivity index (χ0) is 16.1. The molecule has 0 aliphatic carbocycles. The lowest BCUT2D eigenvalue weighted by atomic mass is 10.0. The van der Waals surface area contributed by atoms with Crippen molar-refractivity contribution in [2.75, 3.05) is 13.2 Å². The van der Waals surface area contributed by atoms with E-state index in [1.54, 1.807) is 6.92 Å². The molecule has 5 nitrogen and oxygen atoms in total. The highest BCUT2D eigenvalue weighted by molar-refractivity contribution is 5.94. The second-order valence-corrected chi connectivity index (χ2v) is 6.00. The standard InChI is InChI=1S/C17H23NO4/c1-12(2)15-11-22-17(20)18(15)16(19)13(3)9-21-10-14-7-5-4-6-8-14/h4-8,12-13,15H,9-11H2,1-3H3/t13-,15-/m1/s1. The van der Waals surface area contributed by atoms with Gasteiger partial charge in [-0.15, -0.1) is 0 Å². The van der Waals surface area contributed by atoms with Crippen LogP contribution < -0.4 is 0 Å². The quantitative estimate of drug-likeness (QED) is 0.811. The third-order valence-electron chi connectivity index (χ3n) is 3.81. The van der Waals surface area contributed by atoms with Crippen LogP contribution in [0.4, 0.5) is 4.79 Å². The summed E-state index contributed by atoms with van der Waals surface area (Å²) in [4.78, 5) is 25.5. The van der Waals surface area contributed by atoms with E-state index in [9.17, 15) is 9.59 Å². The van der Waals surface area contributed by atoms with Crippen LogP contribution in [0.3, 0.4) is 0 Å². The smallest absolute Gasteiger partial charge is 0.416 e. The van der Waals surface area contributed by atoms with E-state index >= 15 is 0 Å². The summed E-state index contributed by atoms with van der Waals surface area (Å²) in [6.45, 7) is 6.74. The fourth-order valence-corrected chi connectivity index (χ4v) is 2.42. The Hall–Kier alpha value is -1.88. The topological polar surface area (TPSA) is 55.8 Å². The van der Waals surface area contributed by atoms with Crippen molar-refractivity contribution < 1.29 is 19.1 Å². The number of hydrogen-bond donors (Lipinski definition) is 0. The average molecular weight is 305 g/mol. The number of rotatable bonds is 6. The third-order valence-corrected chi connectivity index (χ3v) is 3.81. The van der Waals surface area contributed by atoms with Crippen molar-refractivity contribution in [3.63, 3.8) is 0 Å². The van der Waals surface area contributed by atoms with E-state index in [1.165, 1.54) is 4.90 Å². The Labute approximate surface area is 131 Å². The van der Waals surface area contributed by atoms with Gasteiger partial charge in [0, 0.05) is 0 Å². The van der Waals surface area contributed by atoms with E-state index in [0.717, 1.165) is 5.56 Å². The van der Waals surface area contributed by atoms with Gasteiger partial charge in [-0.2, -0.15) is 0 Å². The van der Waals surface area contributed by atoms with Crippen LogP contribution in [0, 0.1) is 11.8 Å². The van der Waals surface area contributed by atoms with Gasteiger partial charge in [-0.05, 0) is 11.5 Å². The molecule has 0 N–H and O–H groups in total. The second kappa shape index (κ2) is 7.40. The molecule has 120 valence electrons. The van der Waals surface area contributed by atoms with Gasteiger partial charge in [0.2, 0.25) is 5.91 Å². The Morgan fingerprint density at radius 2 is 2.00 bits per heavy atom. The first-order chi connectivity index (χ1) is 10.5. The number of benzene rings is 1. The van der Waals surface area contributed by atoms with E-state index in [-0.39, 0.29) is 37.0 Å². The lowest BCUT2D eigenvalue weighted by Crippen LogP contribution is -2.45. The Balaban J connectivity index is 1.87. The van der Waals surface area contributed by atoms with Crippen LogP contribution in [0.25, 0.3) is 0 Å². The zero-order valence-corrected chi connectivity index (χ0v) is 13.3. The molecule has 0 saturated carbocycles. The first-order valence-corrected chi connectivity index (χ1v) is 7.62. The lowest BCUT2D eigenvalue weighted by molar-refractivity contribution is -0.135. The summed E-state index contributed by atoms with van der Waals surface area (Å²) in [5.74, 6) is -0.433. The van der Waals surface area contributed by atoms with Crippen LogP contribution in [-0.4, -0.2) is 36.2 Å².